The lowest BCUT2D eigenvalue weighted by Crippen LogP contribution is -2.37. The van der Waals surface area contributed by atoms with Crippen molar-refractivity contribution in [3.8, 4) is 5.75 Å². The second-order valence-corrected chi connectivity index (χ2v) is 7.20. The lowest BCUT2D eigenvalue weighted by atomic mass is 9.85. The Kier molecular flexibility index (Phi) is 5.82. The molecule has 0 aliphatic rings. The van der Waals surface area contributed by atoms with Crippen LogP contribution in [0.2, 0.25) is 0 Å². The van der Waals surface area contributed by atoms with E-state index in [9.17, 15) is 8.42 Å². The van der Waals surface area contributed by atoms with Crippen molar-refractivity contribution in [3.05, 3.63) is 28.7 Å². The van der Waals surface area contributed by atoms with Crippen LogP contribution in [0.15, 0.2) is 28.7 Å². The first-order valence-electron chi connectivity index (χ1n) is 6.20. The number of ether oxygens (including phenoxy) is 1. The quantitative estimate of drug-likeness (QED) is 0.822. The van der Waals surface area contributed by atoms with E-state index >= 15 is 0 Å². The molecule has 19 heavy (non-hydrogen) atoms. The van der Waals surface area contributed by atoms with Crippen molar-refractivity contribution in [1.82, 2.24) is 0 Å². The van der Waals surface area contributed by atoms with E-state index < -0.39 is 15.4 Å². The van der Waals surface area contributed by atoms with E-state index in [0.717, 1.165) is 4.47 Å². The van der Waals surface area contributed by atoms with E-state index in [1.54, 1.807) is 0 Å². The molecule has 1 aromatic carbocycles. The smallest absolute Gasteiger partial charge is 0.209 e. The fourth-order valence-electron chi connectivity index (χ4n) is 1.92. The molecule has 0 aliphatic heterocycles. The second kappa shape index (κ2) is 6.72. The van der Waals surface area contributed by atoms with Gasteiger partial charge in [-0.2, -0.15) is 0 Å². The number of para-hydroxylation sites is 1. The molecular formula is C13H20BrNO3S. The van der Waals surface area contributed by atoms with Gasteiger partial charge in [0, 0.05) is 5.41 Å². The summed E-state index contributed by atoms with van der Waals surface area (Å²) < 4.78 is 29.3. The van der Waals surface area contributed by atoms with Crippen molar-refractivity contribution in [3.63, 3.8) is 0 Å². The van der Waals surface area contributed by atoms with Gasteiger partial charge in [0.15, 0.2) is 0 Å². The third-order valence-electron chi connectivity index (χ3n) is 3.38. The monoisotopic (exact) mass is 349 g/mol. The number of hydrogen-bond donors (Lipinski definition) is 1. The van der Waals surface area contributed by atoms with Crippen molar-refractivity contribution in [2.24, 2.45) is 10.6 Å². The minimum absolute atomic E-state index is 0.0581. The first kappa shape index (κ1) is 16.5. The van der Waals surface area contributed by atoms with Crippen molar-refractivity contribution in [1.29, 1.82) is 0 Å². The minimum atomic E-state index is -3.51. The van der Waals surface area contributed by atoms with Gasteiger partial charge >= 0.3 is 0 Å². The number of primary sulfonamides is 1. The lowest BCUT2D eigenvalue weighted by molar-refractivity contribution is 0.153. The Hall–Kier alpha value is -0.590. The number of hydrogen-bond acceptors (Lipinski definition) is 3. The van der Waals surface area contributed by atoms with Gasteiger partial charge in [0.05, 0.1) is 16.8 Å². The zero-order valence-corrected chi connectivity index (χ0v) is 13.6. The molecule has 0 amide bonds. The fourth-order valence-corrected chi connectivity index (χ4v) is 3.66. The molecular weight excluding hydrogens is 330 g/mol. The van der Waals surface area contributed by atoms with Crippen LogP contribution in [-0.4, -0.2) is 20.8 Å². The minimum Gasteiger partial charge on any atom is -0.492 e. The molecule has 0 radical (unpaired) electrons. The number of rotatable bonds is 7. The van der Waals surface area contributed by atoms with Crippen LogP contribution >= 0.6 is 15.9 Å². The molecule has 0 fully saturated rings. The number of benzene rings is 1. The molecule has 2 N–H and O–H groups in total. The predicted molar refractivity (Wildman–Crippen MR) is 80.6 cm³/mol. The average Bonchev–Trinajstić information content (AvgIpc) is 2.35. The maximum Gasteiger partial charge on any atom is 0.209 e. The summed E-state index contributed by atoms with van der Waals surface area (Å²) in [5, 5.41) is 5.18. The summed E-state index contributed by atoms with van der Waals surface area (Å²) in [7, 11) is -3.51. The molecule has 0 aromatic heterocycles. The van der Waals surface area contributed by atoms with Gasteiger partial charge in [-0.3, -0.25) is 0 Å². The molecule has 1 rings (SSSR count). The highest BCUT2D eigenvalue weighted by molar-refractivity contribution is 9.10. The third kappa shape index (κ3) is 5.12. The van der Waals surface area contributed by atoms with Crippen molar-refractivity contribution >= 4 is 26.0 Å². The average molecular weight is 350 g/mol. The summed E-state index contributed by atoms with van der Waals surface area (Å²) in [5.74, 6) is 0.653. The summed E-state index contributed by atoms with van der Waals surface area (Å²) in [6, 6.07) is 7.50. The molecule has 108 valence electrons. The predicted octanol–water partition coefficient (Wildman–Crippen LogP) is 2.92. The molecule has 0 saturated carbocycles. The zero-order valence-electron chi connectivity index (χ0n) is 11.2. The third-order valence-corrected chi connectivity index (χ3v) is 5.05. The Balaban J connectivity index is 2.83. The van der Waals surface area contributed by atoms with Crippen LogP contribution in [0.5, 0.6) is 5.75 Å². The Morgan fingerprint density at radius 1 is 1.26 bits per heavy atom. The van der Waals surface area contributed by atoms with Crippen LogP contribution < -0.4 is 9.88 Å². The molecule has 6 heteroatoms. The van der Waals surface area contributed by atoms with Crippen LogP contribution in [0.1, 0.15) is 26.7 Å². The van der Waals surface area contributed by atoms with Gasteiger partial charge in [0.25, 0.3) is 0 Å². The molecule has 0 spiro atoms. The Morgan fingerprint density at radius 3 is 2.32 bits per heavy atom. The normalized spacial score (nSPS) is 12.4. The molecule has 4 nitrogen and oxygen atoms in total. The summed E-state index contributed by atoms with van der Waals surface area (Å²) in [4.78, 5) is 0. The SMILES string of the molecule is CCC(CC)(COc1ccccc1Br)CS(N)(=O)=O. The second-order valence-electron chi connectivity index (χ2n) is 4.73. The first-order valence-corrected chi connectivity index (χ1v) is 8.70. The van der Waals surface area contributed by atoms with Gasteiger partial charge in [0.1, 0.15) is 5.75 Å². The van der Waals surface area contributed by atoms with Crippen molar-refractivity contribution in [2.45, 2.75) is 26.7 Å². The molecule has 0 aliphatic carbocycles. The van der Waals surface area contributed by atoms with E-state index in [-0.39, 0.29) is 5.75 Å². The van der Waals surface area contributed by atoms with E-state index in [1.165, 1.54) is 0 Å². The van der Waals surface area contributed by atoms with Crippen molar-refractivity contribution in [2.75, 3.05) is 12.4 Å². The van der Waals surface area contributed by atoms with Gasteiger partial charge in [-0.15, -0.1) is 0 Å². The van der Waals surface area contributed by atoms with Crippen LogP contribution in [0.25, 0.3) is 0 Å². The molecule has 0 heterocycles. The number of nitrogens with two attached hydrogens (primary N) is 1. The number of sulfonamides is 1. The maximum atomic E-state index is 11.4. The summed E-state index contributed by atoms with van der Waals surface area (Å²) in [6.07, 6.45) is 1.40. The van der Waals surface area contributed by atoms with E-state index in [0.29, 0.717) is 25.2 Å². The Morgan fingerprint density at radius 2 is 1.84 bits per heavy atom. The largest absolute Gasteiger partial charge is 0.492 e. The summed E-state index contributed by atoms with van der Waals surface area (Å²) >= 11 is 3.40. The summed E-state index contributed by atoms with van der Waals surface area (Å²) in [6.45, 7) is 4.25. The molecule has 0 unspecified atom stereocenters. The maximum absolute atomic E-state index is 11.4. The van der Waals surface area contributed by atoms with Crippen molar-refractivity contribution < 1.29 is 13.2 Å². The van der Waals surface area contributed by atoms with E-state index in [1.807, 2.05) is 38.1 Å². The first-order chi connectivity index (χ1) is 8.82. The van der Waals surface area contributed by atoms with Crippen LogP contribution in [0, 0.1) is 5.41 Å². The molecule has 0 bridgehead atoms. The highest BCUT2D eigenvalue weighted by Crippen LogP contribution is 2.31. The van der Waals surface area contributed by atoms with E-state index in [2.05, 4.69) is 15.9 Å². The lowest BCUT2D eigenvalue weighted by Gasteiger charge is -2.30. The molecule has 0 atom stereocenters. The molecule has 0 saturated heterocycles. The number of halogens is 1. The fraction of sp³-hybridized carbons (Fsp3) is 0.538. The van der Waals surface area contributed by atoms with Gasteiger partial charge in [-0.1, -0.05) is 26.0 Å². The highest BCUT2D eigenvalue weighted by Gasteiger charge is 2.32. The Labute approximate surface area is 123 Å². The summed E-state index contributed by atoms with van der Waals surface area (Å²) in [5.41, 5.74) is -0.442. The van der Waals surface area contributed by atoms with E-state index in [4.69, 9.17) is 9.88 Å². The van der Waals surface area contributed by atoms with Crippen LogP contribution in [0.3, 0.4) is 0 Å². The van der Waals surface area contributed by atoms with Crippen LogP contribution in [0.4, 0.5) is 0 Å². The van der Waals surface area contributed by atoms with Gasteiger partial charge in [-0.05, 0) is 40.9 Å². The van der Waals surface area contributed by atoms with Gasteiger partial charge in [-0.25, -0.2) is 13.6 Å². The highest BCUT2D eigenvalue weighted by atomic mass is 79.9. The Bertz CT molecular complexity index is 512. The van der Waals surface area contributed by atoms with Gasteiger partial charge in [0.2, 0.25) is 10.0 Å². The standard InChI is InChI=1S/C13H20BrNO3S/c1-3-13(4-2,10-19(15,16)17)9-18-12-8-6-5-7-11(12)14/h5-8H,3-4,9-10H2,1-2H3,(H2,15,16,17). The van der Waals surface area contributed by atoms with Crippen LogP contribution in [-0.2, 0) is 10.0 Å². The molecule has 1 aromatic rings. The van der Waals surface area contributed by atoms with Gasteiger partial charge < -0.3 is 4.74 Å². The topological polar surface area (TPSA) is 69.4 Å². The zero-order chi connectivity index (χ0) is 14.5.